The Morgan fingerprint density at radius 3 is 1.81 bits per heavy atom. The number of hydrogen-bond donors (Lipinski definition) is 1. The van der Waals surface area contributed by atoms with Gasteiger partial charge in [0, 0.05) is 25.9 Å². The lowest BCUT2D eigenvalue weighted by molar-refractivity contribution is -0.133. The van der Waals surface area contributed by atoms with Gasteiger partial charge < -0.3 is 37.3 Å². The maximum Gasteiger partial charge on any atom is 0.500 e. The monoisotopic (exact) mass is 736 g/mol. The number of phenolic OH excluding ortho intramolecular Hbond substituents is 1. The zero-order valence-corrected chi connectivity index (χ0v) is 32.8. The van der Waals surface area contributed by atoms with Crippen molar-refractivity contribution in [1.82, 2.24) is 0 Å². The lowest BCUT2D eigenvalue weighted by atomic mass is 9.84. The molecule has 9 nitrogen and oxygen atoms in total. The average molecular weight is 737 g/mol. The van der Waals surface area contributed by atoms with Crippen LogP contribution in [0, 0.1) is 5.41 Å². The molecule has 0 spiro atoms. The number of aryl methyl sites for hydroxylation is 1. The minimum Gasteiger partial charge on any atom is -0.508 e. The Bertz CT molecular complexity index is 1430. The molecular weight excluding hydrogens is 677 g/mol. The van der Waals surface area contributed by atoms with Gasteiger partial charge in [-0.05, 0) is 112 Å². The fourth-order valence-corrected chi connectivity index (χ4v) is 8.87. The van der Waals surface area contributed by atoms with Crippen LogP contribution in [-0.2, 0) is 29.2 Å². The Labute approximate surface area is 312 Å². The first kappa shape index (κ1) is 41.3. The molecule has 1 heterocycles. The molecule has 0 radical (unpaired) electrons. The summed E-state index contributed by atoms with van der Waals surface area (Å²) in [5.74, 6) is 1.57. The Morgan fingerprint density at radius 2 is 1.27 bits per heavy atom. The number of ether oxygens (including phenoxy) is 4. The number of carbonyl (C=O) groups is 1. The largest absolute Gasteiger partial charge is 0.508 e. The van der Waals surface area contributed by atoms with E-state index in [1.165, 1.54) is 0 Å². The maximum atomic E-state index is 12.7. The lowest BCUT2D eigenvalue weighted by Crippen LogP contribution is -2.46. The van der Waals surface area contributed by atoms with Gasteiger partial charge in [-0.3, -0.25) is 0 Å². The van der Waals surface area contributed by atoms with Gasteiger partial charge in [-0.1, -0.05) is 56.9 Å². The summed E-state index contributed by atoms with van der Waals surface area (Å²) in [6.45, 7) is 12.9. The van der Waals surface area contributed by atoms with Crippen molar-refractivity contribution in [3.05, 3.63) is 77.9 Å². The second-order valence-electron chi connectivity index (χ2n) is 13.5. The second kappa shape index (κ2) is 22.0. The van der Waals surface area contributed by atoms with Gasteiger partial charge in [0.25, 0.3) is 0 Å². The number of rotatable bonds is 26. The van der Waals surface area contributed by atoms with E-state index in [0.29, 0.717) is 69.7 Å². The molecule has 0 aliphatic carbocycles. The third-order valence-corrected chi connectivity index (χ3v) is 12.7. The fraction of sp³-hybridized carbons (Fsp3) is 0.548. The summed E-state index contributed by atoms with van der Waals surface area (Å²) in [6.07, 6.45) is 8.48. The van der Waals surface area contributed by atoms with Crippen LogP contribution in [0.5, 0.6) is 17.2 Å². The quantitative estimate of drug-likeness (QED) is 0.0491. The van der Waals surface area contributed by atoms with E-state index in [2.05, 4.69) is 31.2 Å². The molecule has 4 rings (SSSR count). The number of benzene rings is 3. The van der Waals surface area contributed by atoms with Crippen LogP contribution in [0.4, 0.5) is 0 Å². The van der Waals surface area contributed by atoms with Crippen LogP contribution < -0.4 is 9.47 Å². The molecule has 3 aromatic rings. The van der Waals surface area contributed by atoms with Crippen LogP contribution in [0.3, 0.4) is 0 Å². The SMILES string of the molecule is CCO[Si](CCCc1cc(C(=O)OCCCCCCCCOc2ccc(-c3ccc(OCC4(CC)COC4)cc3)cc2)ccc1O)(OCC)OCC. The molecule has 1 aliphatic heterocycles. The maximum absolute atomic E-state index is 12.7. The summed E-state index contributed by atoms with van der Waals surface area (Å²) in [5.41, 5.74) is 3.62. The van der Waals surface area contributed by atoms with E-state index in [1.54, 1.807) is 18.2 Å². The average Bonchev–Trinajstić information content (AvgIpc) is 3.13. The minimum absolute atomic E-state index is 0.167. The molecule has 0 amide bonds. The minimum atomic E-state index is -2.76. The van der Waals surface area contributed by atoms with Crippen LogP contribution in [0.2, 0.25) is 6.04 Å². The molecule has 3 aromatic carbocycles. The molecule has 10 heteroatoms. The Hall–Kier alpha value is -3.41. The van der Waals surface area contributed by atoms with Crippen molar-refractivity contribution < 1.29 is 42.1 Å². The predicted octanol–water partition coefficient (Wildman–Crippen LogP) is 9.42. The highest BCUT2D eigenvalue weighted by Crippen LogP contribution is 2.33. The standard InChI is InChI=1S/C42H60O9Si/c1-5-42(31-45-32-42)33-48-39-24-19-35(20-25-39)34-17-22-38(23-18-34)46-27-13-11-9-10-12-14-28-47-41(44)37-21-26-40(43)36(30-37)16-15-29-52(49-6-2,50-7-3)51-8-4/h17-26,30,43H,5-16,27-29,31-33H2,1-4H3. The summed E-state index contributed by atoms with van der Waals surface area (Å²) < 4.78 is 40.8. The first-order chi connectivity index (χ1) is 25.3. The molecule has 0 atom stereocenters. The first-order valence-electron chi connectivity index (χ1n) is 19.3. The van der Waals surface area contributed by atoms with Gasteiger partial charge in [0.1, 0.15) is 17.2 Å². The molecule has 286 valence electrons. The molecular formula is C42H60O9Si. The topological polar surface area (TPSA) is 102 Å². The highest BCUT2D eigenvalue weighted by atomic mass is 28.4. The zero-order chi connectivity index (χ0) is 37.1. The molecule has 0 bridgehead atoms. The molecule has 1 aliphatic rings. The van der Waals surface area contributed by atoms with Gasteiger partial charge >= 0.3 is 14.8 Å². The van der Waals surface area contributed by atoms with Crippen molar-refractivity contribution in [2.45, 2.75) is 91.5 Å². The van der Waals surface area contributed by atoms with Crippen molar-refractivity contribution >= 4 is 14.8 Å². The van der Waals surface area contributed by atoms with Crippen molar-refractivity contribution in [3.63, 3.8) is 0 Å². The van der Waals surface area contributed by atoms with Crippen LogP contribution in [0.15, 0.2) is 66.7 Å². The van der Waals surface area contributed by atoms with Crippen molar-refractivity contribution in [3.8, 4) is 28.4 Å². The van der Waals surface area contributed by atoms with E-state index in [0.717, 1.165) is 80.8 Å². The molecule has 1 fully saturated rings. The van der Waals surface area contributed by atoms with E-state index in [4.69, 9.17) is 32.2 Å². The predicted molar refractivity (Wildman–Crippen MR) is 206 cm³/mol. The number of hydrogen-bond acceptors (Lipinski definition) is 9. The highest BCUT2D eigenvalue weighted by molar-refractivity contribution is 6.60. The summed E-state index contributed by atoms with van der Waals surface area (Å²) in [7, 11) is -2.76. The van der Waals surface area contributed by atoms with Gasteiger partial charge in [-0.15, -0.1) is 0 Å². The number of carbonyl (C=O) groups excluding carboxylic acids is 1. The Balaban J connectivity index is 1.05. The summed E-state index contributed by atoms with van der Waals surface area (Å²) in [6, 6.07) is 22.1. The fourth-order valence-electron chi connectivity index (χ4n) is 6.26. The summed E-state index contributed by atoms with van der Waals surface area (Å²) >= 11 is 0. The third-order valence-electron chi connectivity index (χ3n) is 9.53. The van der Waals surface area contributed by atoms with Gasteiger partial charge in [-0.2, -0.15) is 0 Å². The first-order valence-corrected chi connectivity index (χ1v) is 21.2. The smallest absolute Gasteiger partial charge is 0.500 e. The van der Waals surface area contributed by atoms with E-state index >= 15 is 0 Å². The Kier molecular flexibility index (Phi) is 17.5. The van der Waals surface area contributed by atoms with Crippen molar-refractivity contribution in [2.75, 3.05) is 52.9 Å². The normalized spacial score (nSPS) is 13.8. The number of unbranched alkanes of at least 4 members (excludes halogenated alkanes) is 5. The molecule has 0 saturated carbocycles. The van der Waals surface area contributed by atoms with Gasteiger partial charge in [0.2, 0.25) is 0 Å². The summed E-state index contributed by atoms with van der Waals surface area (Å²) in [4.78, 5) is 12.7. The van der Waals surface area contributed by atoms with E-state index in [9.17, 15) is 9.90 Å². The number of esters is 1. The summed E-state index contributed by atoms with van der Waals surface area (Å²) in [5, 5.41) is 10.4. The number of aromatic hydroxyl groups is 1. The lowest BCUT2D eigenvalue weighted by Gasteiger charge is -2.40. The Morgan fingerprint density at radius 1 is 0.712 bits per heavy atom. The zero-order valence-electron chi connectivity index (χ0n) is 31.8. The van der Waals surface area contributed by atoms with Gasteiger partial charge in [0.15, 0.2) is 0 Å². The number of phenols is 1. The van der Waals surface area contributed by atoms with Crippen molar-refractivity contribution in [1.29, 1.82) is 0 Å². The van der Waals surface area contributed by atoms with E-state index in [1.807, 2.05) is 45.0 Å². The van der Waals surface area contributed by atoms with Crippen LogP contribution in [0.1, 0.15) is 95.0 Å². The van der Waals surface area contributed by atoms with Crippen LogP contribution in [0.25, 0.3) is 11.1 Å². The highest BCUT2D eigenvalue weighted by Gasteiger charge is 2.40. The van der Waals surface area contributed by atoms with Gasteiger partial charge in [0.05, 0.1) is 44.0 Å². The molecule has 0 unspecified atom stereocenters. The second-order valence-corrected chi connectivity index (χ2v) is 16.2. The molecule has 1 N–H and O–H groups in total. The van der Waals surface area contributed by atoms with Gasteiger partial charge in [-0.25, -0.2) is 4.79 Å². The third kappa shape index (κ3) is 12.9. The molecule has 52 heavy (non-hydrogen) atoms. The van der Waals surface area contributed by atoms with Crippen molar-refractivity contribution in [2.24, 2.45) is 5.41 Å². The van der Waals surface area contributed by atoms with E-state index in [-0.39, 0.29) is 17.1 Å². The van der Waals surface area contributed by atoms with E-state index < -0.39 is 8.80 Å². The van der Waals surface area contributed by atoms with Crippen LogP contribution in [-0.4, -0.2) is 72.7 Å². The van der Waals surface area contributed by atoms with Crippen LogP contribution >= 0.6 is 0 Å². The molecule has 1 saturated heterocycles. The molecule has 0 aromatic heterocycles.